The van der Waals surface area contributed by atoms with Gasteiger partial charge in [0.2, 0.25) is 11.8 Å². The van der Waals surface area contributed by atoms with E-state index in [4.69, 9.17) is 4.42 Å². The second-order valence-electron chi connectivity index (χ2n) is 7.65. The van der Waals surface area contributed by atoms with E-state index >= 15 is 0 Å². The molecule has 0 fully saturated rings. The number of nitrogens with zero attached hydrogens (tertiary/aromatic N) is 9. The first kappa shape index (κ1) is 22.3. The maximum absolute atomic E-state index is 14.6. The van der Waals surface area contributed by atoms with Crippen molar-refractivity contribution in [3.63, 3.8) is 0 Å². The highest BCUT2D eigenvalue weighted by Crippen LogP contribution is 2.28. The van der Waals surface area contributed by atoms with Crippen LogP contribution in [0.25, 0.3) is 33.7 Å². The minimum absolute atomic E-state index is 0.0908. The Bertz CT molecular complexity index is 1530. The molecule has 3 aromatic heterocycles. The highest BCUT2D eigenvalue weighted by Gasteiger charge is 2.21. The van der Waals surface area contributed by atoms with Crippen molar-refractivity contribution in [3.8, 4) is 22.8 Å². The van der Waals surface area contributed by atoms with Crippen LogP contribution >= 0.6 is 0 Å². The zero-order chi connectivity index (χ0) is 24.7. The molecule has 5 rings (SSSR count). The Balaban J connectivity index is 1.38. The lowest BCUT2D eigenvalue weighted by Crippen LogP contribution is -2.12. The van der Waals surface area contributed by atoms with Gasteiger partial charge in [-0.2, -0.15) is 13.6 Å². The van der Waals surface area contributed by atoms with Crippen molar-refractivity contribution in [1.82, 2.24) is 40.4 Å². The molecule has 0 N–H and O–H groups in total. The quantitative estimate of drug-likeness (QED) is 0.333. The van der Waals surface area contributed by atoms with Crippen molar-refractivity contribution < 1.29 is 22.0 Å². The number of rotatable bonds is 6. The molecule has 0 saturated carbocycles. The first-order chi connectivity index (χ1) is 16.8. The minimum atomic E-state index is -3.03. The van der Waals surface area contributed by atoms with Crippen LogP contribution in [-0.2, 0) is 6.54 Å². The Hall–Kier alpha value is -4.49. The van der Waals surface area contributed by atoms with Crippen LogP contribution in [0.15, 0.2) is 40.9 Å². The van der Waals surface area contributed by atoms with Crippen molar-refractivity contribution in [2.45, 2.75) is 13.0 Å². The average Bonchev–Trinajstić information content (AvgIpc) is 3.51. The molecule has 0 saturated heterocycles. The van der Waals surface area contributed by atoms with E-state index in [0.717, 1.165) is 27.8 Å². The summed E-state index contributed by atoms with van der Waals surface area (Å²) in [7, 11) is 3.68. The van der Waals surface area contributed by atoms with E-state index in [1.807, 2.05) is 14.1 Å². The summed E-state index contributed by atoms with van der Waals surface area (Å²) in [4.78, 5) is 11.6. The number of hydrogen-bond donors (Lipinski definition) is 0. The molecule has 0 bridgehead atoms. The summed E-state index contributed by atoms with van der Waals surface area (Å²) >= 11 is 0. The molecule has 0 aliphatic carbocycles. The number of benzene rings is 2. The van der Waals surface area contributed by atoms with Gasteiger partial charge in [-0.3, -0.25) is 0 Å². The largest absolute Gasteiger partial charge is 0.415 e. The predicted molar refractivity (Wildman–Crippen MR) is 114 cm³/mol. The topological polar surface area (TPSA) is 112 Å². The number of tetrazole rings is 1. The van der Waals surface area contributed by atoms with Crippen LogP contribution < -0.4 is 4.90 Å². The lowest BCUT2D eigenvalue weighted by atomic mass is 10.1. The SMILES string of the molecule is CN(C)c1ncc2cc(-c3nnn(Cc4cc(F)c(-c5nnc(C(F)F)o5)cc4F)n3)ccc2n1. The number of anilines is 1. The number of aromatic nitrogens is 8. The highest BCUT2D eigenvalue weighted by atomic mass is 19.3. The van der Waals surface area contributed by atoms with Gasteiger partial charge in [0.05, 0.1) is 17.6 Å². The molecule has 3 heterocycles. The number of alkyl halides is 2. The van der Waals surface area contributed by atoms with E-state index in [1.54, 1.807) is 29.3 Å². The summed E-state index contributed by atoms with van der Waals surface area (Å²) < 4.78 is 59.2. The van der Waals surface area contributed by atoms with Gasteiger partial charge in [0.25, 0.3) is 11.8 Å². The molecular weight excluding hydrogens is 470 g/mol. The van der Waals surface area contributed by atoms with Crippen LogP contribution in [0.2, 0.25) is 0 Å². The molecule has 0 atom stereocenters. The third-order valence-electron chi connectivity index (χ3n) is 4.98. The first-order valence-corrected chi connectivity index (χ1v) is 10.1. The van der Waals surface area contributed by atoms with E-state index in [0.29, 0.717) is 11.5 Å². The Morgan fingerprint density at radius 1 is 1.03 bits per heavy atom. The fourth-order valence-corrected chi connectivity index (χ4v) is 3.26. The zero-order valence-electron chi connectivity index (χ0n) is 18.2. The van der Waals surface area contributed by atoms with Crippen molar-refractivity contribution >= 4 is 16.9 Å². The summed E-state index contributed by atoms with van der Waals surface area (Å²) in [6.45, 7) is -0.231. The maximum atomic E-state index is 14.6. The van der Waals surface area contributed by atoms with E-state index in [-0.39, 0.29) is 17.9 Å². The molecule has 0 aliphatic rings. The van der Waals surface area contributed by atoms with Crippen molar-refractivity contribution in [3.05, 3.63) is 59.6 Å². The van der Waals surface area contributed by atoms with Crippen molar-refractivity contribution in [2.75, 3.05) is 19.0 Å². The average molecular weight is 485 g/mol. The maximum Gasteiger partial charge on any atom is 0.314 e. The molecule has 35 heavy (non-hydrogen) atoms. The molecule has 0 amide bonds. The first-order valence-electron chi connectivity index (χ1n) is 10.1. The van der Waals surface area contributed by atoms with Gasteiger partial charge >= 0.3 is 6.43 Å². The van der Waals surface area contributed by atoms with Crippen LogP contribution in [-0.4, -0.2) is 54.5 Å². The van der Waals surface area contributed by atoms with Crippen molar-refractivity contribution in [1.29, 1.82) is 0 Å². The summed E-state index contributed by atoms with van der Waals surface area (Å²) in [5.41, 5.74) is 0.846. The lowest BCUT2D eigenvalue weighted by molar-refractivity contribution is 0.116. The molecule has 5 aromatic rings. The van der Waals surface area contributed by atoms with Gasteiger partial charge in [0, 0.05) is 36.8 Å². The number of halogens is 4. The Morgan fingerprint density at radius 2 is 1.86 bits per heavy atom. The summed E-state index contributed by atoms with van der Waals surface area (Å²) in [5, 5.41) is 19.3. The molecule has 10 nitrogen and oxygen atoms in total. The van der Waals surface area contributed by atoms with E-state index in [1.165, 1.54) is 0 Å². The molecular formula is C21H15F4N9O. The van der Waals surface area contributed by atoms with Crippen LogP contribution in [0.4, 0.5) is 23.5 Å². The Morgan fingerprint density at radius 3 is 2.60 bits per heavy atom. The molecule has 178 valence electrons. The van der Waals surface area contributed by atoms with E-state index in [2.05, 4.69) is 35.6 Å². The van der Waals surface area contributed by atoms with Crippen molar-refractivity contribution in [2.24, 2.45) is 0 Å². The fourth-order valence-electron chi connectivity index (χ4n) is 3.26. The predicted octanol–water partition coefficient (Wildman–Crippen LogP) is 3.66. The minimum Gasteiger partial charge on any atom is -0.415 e. The smallest absolute Gasteiger partial charge is 0.314 e. The fraction of sp³-hybridized carbons (Fsp3) is 0.190. The lowest BCUT2D eigenvalue weighted by Gasteiger charge is -2.10. The molecule has 14 heteroatoms. The summed E-state index contributed by atoms with van der Waals surface area (Å²) in [6.07, 6.45) is -1.35. The number of hydrogen-bond acceptors (Lipinski definition) is 9. The Kier molecular flexibility index (Phi) is 5.55. The molecule has 0 aliphatic heterocycles. The second-order valence-corrected chi connectivity index (χ2v) is 7.65. The normalized spacial score (nSPS) is 11.5. The van der Waals surface area contributed by atoms with Gasteiger partial charge in [-0.1, -0.05) is 0 Å². The third-order valence-corrected chi connectivity index (χ3v) is 4.98. The second kappa shape index (κ2) is 8.70. The third kappa shape index (κ3) is 4.37. The van der Waals surface area contributed by atoms with Gasteiger partial charge < -0.3 is 9.32 Å². The Labute approximate surface area is 194 Å². The zero-order valence-corrected chi connectivity index (χ0v) is 18.2. The molecule has 2 aromatic carbocycles. The number of fused-ring (bicyclic) bond motifs is 1. The molecule has 0 unspecified atom stereocenters. The van der Waals surface area contributed by atoms with Crippen LogP contribution in [0.5, 0.6) is 0 Å². The van der Waals surface area contributed by atoms with Gasteiger partial charge in [-0.15, -0.1) is 20.4 Å². The monoisotopic (exact) mass is 485 g/mol. The van der Waals surface area contributed by atoms with Crippen LogP contribution in [0.1, 0.15) is 17.9 Å². The summed E-state index contributed by atoms with van der Waals surface area (Å²) in [5.74, 6) is -2.46. The standard InChI is InChI=1S/C21H15F4N9O/c1-33(2)21-26-8-11-5-10(3-4-16(11)27-21)18-28-32-34(31-18)9-12-6-15(23)13(7-14(12)22)19-29-30-20(35-19)17(24)25/h3-8,17H,9H2,1-2H3. The van der Waals surface area contributed by atoms with E-state index < -0.39 is 35.4 Å². The van der Waals surface area contributed by atoms with Crippen LogP contribution in [0, 0.1) is 11.6 Å². The van der Waals surface area contributed by atoms with E-state index in [9.17, 15) is 17.6 Å². The highest BCUT2D eigenvalue weighted by molar-refractivity contribution is 5.83. The van der Waals surface area contributed by atoms with Crippen LogP contribution in [0.3, 0.4) is 0 Å². The molecule has 0 radical (unpaired) electrons. The van der Waals surface area contributed by atoms with Gasteiger partial charge in [-0.05, 0) is 35.5 Å². The molecule has 0 spiro atoms. The van der Waals surface area contributed by atoms with Gasteiger partial charge in [0.1, 0.15) is 11.6 Å². The summed E-state index contributed by atoms with van der Waals surface area (Å²) in [6, 6.07) is 7.03. The van der Waals surface area contributed by atoms with Gasteiger partial charge in [-0.25, -0.2) is 18.7 Å². The van der Waals surface area contributed by atoms with Gasteiger partial charge in [0.15, 0.2) is 0 Å².